The maximum Gasteiger partial charge on any atom is 0.0623 e. The minimum Gasteiger partial charge on any atom is -0.399 e. The zero-order valence-corrected chi connectivity index (χ0v) is 10.6. The molecule has 2 aliphatic rings. The van der Waals surface area contributed by atoms with Crippen molar-refractivity contribution < 1.29 is 4.74 Å². The molecule has 0 amide bonds. The summed E-state index contributed by atoms with van der Waals surface area (Å²) in [5.41, 5.74) is 14.1. The quantitative estimate of drug-likeness (QED) is 0.764. The molecule has 1 aromatic carbocycles. The molecule has 4 heteroatoms. The number of benzene rings is 1. The summed E-state index contributed by atoms with van der Waals surface area (Å²) in [6, 6.07) is 9.42. The van der Waals surface area contributed by atoms with E-state index in [1.807, 2.05) is 12.1 Å². The maximum atomic E-state index is 6.10. The first-order valence-corrected chi connectivity index (χ1v) is 6.66. The van der Waals surface area contributed by atoms with Crippen LogP contribution in [0, 0.1) is 0 Å². The molecule has 2 fully saturated rings. The van der Waals surface area contributed by atoms with Gasteiger partial charge in [0.1, 0.15) is 0 Å². The van der Waals surface area contributed by atoms with Crippen molar-refractivity contribution in [3.63, 3.8) is 0 Å². The number of piperidine rings is 1. The van der Waals surface area contributed by atoms with Crippen LogP contribution in [0.15, 0.2) is 24.3 Å². The lowest BCUT2D eigenvalue weighted by Gasteiger charge is -2.47. The predicted molar refractivity (Wildman–Crippen MR) is 72.0 cm³/mol. The van der Waals surface area contributed by atoms with Gasteiger partial charge in [-0.2, -0.15) is 0 Å². The molecule has 98 valence electrons. The second kappa shape index (κ2) is 4.88. The maximum absolute atomic E-state index is 6.10. The average Bonchev–Trinajstić information content (AvgIpc) is 2.30. The highest BCUT2D eigenvalue weighted by atomic mass is 16.5. The highest BCUT2D eigenvalue weighted by Crippen LogP contribution is 2.28. The van der Waals surface area contributed by atoms with Gasteiger partial charge in [0.15, 0.2) is 0 Å². The lowest BCUT2D eigenvalue weighted by atomic mass is 9.90. The van der Waals surface area contributed by atoms with Crippen LogP contribution < -0.4 is 11.5 Å². The largest absolute Gasteiger partial charge is 0.399 e. The van der Waals surface area contributed by atoms with Crippen LogP contribution in [0.4, 0.5) is 5.69 Å². The van der Waals surface area contributed by atoms with Gasteiger partial charge in [0.25, 0.3) is 0 Å². The Balaban J connectivity index is 1.75. The van der Waals surface area contributed by atoms with Gasteiger partial charge in [-0.05, 0) is 30.5 Å². The average molecular weight is 247 g/mol. The third-order valence-corrected chi connectivity index (χ3v) is 4.02. The number of morpholine rings is 1. The Bertz CT molecular complexity index is 409. The summed E-state index contributed by atoms with van der Waals surface area (Å²) < 4.78 is 5.65. The summed E-state index contributed by atoms with van der Waals surface area (Å²) in [7, 11) is 0. The molecule has 2 atom stereocenters. The number of anilines is 1. The van der Waals surface area contributed by atoms with E-state index in [4.69, 9.17) is 16.2 Å². The van der Waals surface area contributed by atoms with E-state index in [0.717, 1.165) is 38.3 Å². The Morgan fingerprint density at radius 3 is 2.61 bits per heavy atom. The lowest BCUT2D eigenvalue weighted by Crippen LogP contribution is -2.58. The predicted octanol–water partition coefficient (Wildman–Crippen LogP) is 0.959. The summed E-state index contributed by atoms with van der Waals surface area (Å²) in [6.07, 6.45) is 2.08. The van der Waals surface area contributed by atoms with Crippen LogP contribution in [0.1, 0.15) is 18.4 Å². The molecule has 4 N–H and O–H groups in total. The van der Waals surface area contributed by atoms with E-state index < -0.39 is 0 Å². The molecule has 0 aromatic heterocycles. The minimum absolute atomic E-state index is 0.334. The van der Waals surface area contributed by atoms with E-state index in [1.54, 1.807) is 0 Å². The highest BCUT2D eigenvalue weighted by molar-refractivity contribution is 5.40. The van der Waals surface area contributed by atoms with Crippen molar-refractivity contribution >= 4 is 5.69 Å². The van der Waals surface area contributed by atoms with Crippen LogP contribution in [0.5, 0.6) is 0 Å². The third-order valence-electron chi connectivity index (χ3n) is 4.02. The van der Waals surface area contributed by atoms with Gasteiger partial charge in [-0.1, -0.05) is 12.1 Å². The van der Waals surface area contributed by atoms with Gasteiger partial charge in [0.2, 0.25) is 0 Å². The van der Waals surface area contributed by atoms with Gasteiger partial charge in [-0.3, -0.25) is 4.90 Å². The first-order chi connectivity index (χ1) is 8.72. The van der Waals surface area contributed by atoms with Crippen LogP contribution in [0.25, 0.3) is 0 Å². The van der Waals surface area contributed by atoms with Crippen LogP contribution in [0.2, 0.25) is 0 Å². The van der Waals surface area contributed by atoms with E-state index in [0.29, 0.717) is 18.1 Å². The molecule has 1 aromatic rings. The number of nitrogens with two attached hydrogens (primary N) is 2. The lowest BCUT2D eigenvalue weighted by molar-refractivity contribution is -0.0819. The van der Waals surface area contributed by atoms with E-state index >= 15 is 0 Å². The molecule has 0 saturated carbocycles. The Hall–Kier alpha value is -1.10. The van der Waals surface area contributed by atoms with Gasteiger partial charge in [-0.25, -0.2) is 0 Å². The van der Waals surface area contributed by atoms with Gasteiger partial charge in [0, 0.05) is 30.4 Å². The second-order valence-corrected chi connectivity index (χ2v) is 5.49. The highest BCUT2D eigenvalue weighted by Gasteiger charge is 2.37. The van der Waals surface area contributed by atoms with Crippen LogP contribution in [-0.2, 0) is 11.3 Å². The first-order valence-electron chi connectivity index (χ1n) is 6.66. The molecular formula is C14H21N3O. The van der Waals surface area contributed by atoms with Crippen LogP contribution >= 0.6 is 0 Å². The molecule has 4 nitrogen and oxygen atoms in total. The molecular weight excluding hydrogens is 226 g/mol. The number of ether oxygens (including phenoxy) is 1. The van der Waals surface area contributed by atoms with Gasteiger partial charge in [-0.15, -0.1) is 0 Å². The van der Waals surface area contributed by atoms with Crippen molar-refractivity contribution in [1.82, 2.24) is 4.90 Å². The van der Waals surface area contributed by atoms with E-state index in [9.17, 15) is 0 Å². The SMILES string of the molecule is Nc1cccc(CN2C3COCC2CC(N)C3)c1. The second-order valence-electron chi connectivity index (χ2n) is 5.49. The number of nitrogens with zero attached hydrogens (tertiary/aromatic N) is 1. The van der Waals surface area contributed by atoms with Crippen molar-refractivity contribution in [2.75, 3.05) is 18.9 Å². The Labute approximate surface area is 108 Å². The fourth-order valence-corrected chi connectivity index (χ4v) is 3.19. The zero-order valence-electron chi connectivity index (χ0n) is 10.6. The Morgan fingerprint density at radius 1 is 1.22 bits per heavy atom. The number of fused-ring (bicyclic) bond motifs is 2. The molecule has 2 aliphatic heterocycles. The minimum atomic E-state index is 0.334. The molecule has 3 rings (SSSR count). The van der Waals surface area contributed by atoms with Crippen molar-refractivity contribution in [2.24, 2.45) is 5.73 Å². The van der Waals surface area contributed by atoms with Crippen molar-refractivity contribution in [3.05, 3.63) is 29.8 Å². The monoisotopic (exact) mass is 247 g/mol. The fraction of sp³-hybridized carbons (Fsp3) is 0.571. The molecule has 2 unspecified atom stereocenters. The number of rotatable bonds is 2. The molecule has 0 aliphatic carbocycles. The van der Waals surface area contributed by atoms with Crippen molar-refractivity contribution in [3.8, 4) is 0 Å². The van der Waals surface area contributed by atoms with Crippen LogP contribution in [-0.4, -0.2) is 36.2 Å². The van der Waals surface area contributed by atoms with Gasteiger partial charge in [0.05, 0.1) is 13.2 Å². The molecule has 0 radical (unpaired) electrons. The first kappa shape index (κ1) is 12.0. The number of hydrogen-bond donors (Lipinski definition) is 2. The smallest absolute Gasteiger partial charge is 0.0623 e. The number of nitrogen functional groups attached to an aromatic ring is 1. The summed E-state index contributed by atoms with van der Waals surface area (Å²) in [5.74, 6) is 0. The van der Waals surface area contributed by atoms with E-state index in [2.05, 4.69) is 17.0 Å². The molecule has 2 bridgehead atoms. The Morgan fingerprint density at radius 2 is 1.94 bits per heavy atom. The standard InChI is InChI=1S/C14H21N3O/c15-11-3-1-2-10(4-11)7-17-13-5-12(16)6-14(17)9-18-8-13/h1-4,12-14H,5-9,15-16H2. The normalized spacial score (nSPS) is 32.4. The molecule has 2 saturated heterocycles. The van der Waals surface area contributed by atoms with Crippen LogP contribution in [0.3, 0.4) is 0 Å². The topological polar surface area (TPSA) is 64.5 Å². The Kier molecular flexibility index (Phi) is 3.24. The third kappa shape index (κ3) is 2.36. The zero-order chi connectivity index (χ0) is 12.5. The summed E-state index contributed by atoms with van der Waals surface area (Å²) in [5, 5.41) is 0. The fourth-order valence-electron chi connectivity index (χ4n) is 3.19. The number of hydrogen-bond acceptors (Lipinski definition) is 4. The molecule has 2 heterocycles. The summed E-state index contributed by atoms with van der Waals surface area (Å²) in [6.45, 7) is 2.58. The van der Waals surface area contributed by atoms with E-state index in [1.165, 1.54) is 5.56 Å². The summed E-state index contributed by atoms with van der Waals surface area (Å²) >= 11 is 0. The van der Waals surface area contributed by atoms with Crippen molar-refractivity contribution in [2.45, 2.75) is 37.5 Å². The molecule has 18 heavy (non-hydrogen) atoms. The summed E-state index contributed by atoms with van der Waals surface area (Å²) in [4.78, 5) is 2.54. The van der Waals surface area contributed by atoms with Gasteiger partial charge >= 0.3 is 0 Å². The van der Waals surface area contributed by atoms with Gasteiger partial charge < -0.3 is 16.2 Å². The molecule has 0 spiro atoms. The van der Waals surface area contributed by atoms with Crippen molar-refractivity contribution in [1.29, 1.82) is 0 Å². The van der Waals surface area contributed by atoms with E-state index in [-0.39, 0.29) is 0 Å².